The van der Waals surface area contributed by atoms with Gasteiger partial charge in [0.1, 0.15) is 12.1 Å². The summed E-state index contributed by atoms with van der Waals surface area (Å²) in [7, 11) is 0. The summed E-state index contributed by atoms with van der Waals surface area (Å²) in [4.78, 5) is 22.9. The molecule has 2 aromatic rings. The smallest absolute Gasteiger partial charge is 0.223 e. The molecular weight excluding hydrogens is 317 g/mol. The van der Waals surface area contributed by atoms with Gasteiger partial charge in [-0.3, -0.25) is 4.79 Å². The molecule has 0 unspecified atom stereocenters. The third-order valence-corrected chi connectivity index (χ3v) is 4.87. The zero-order valence-corrected chi connectivity index (χ0v) is 14.4. The van der Waals surface area contributed by atoms with E-state index in [4.69, 9.17) is 0 Å². The molecule has 25 heavy (non-hydrogen) atoms. The van der Waals surface area contributed by atoms with Gasteiger partial charge in [-0.25, -0.2) is 14.4 Å². The minimum absolute atomic E-state index is 0.0776. The van der Waals surface area contributed by atoms with E-state index in [1.54, 1.807) is 18.3 Å². The lowest BCUT2D eigenvalue weighted by atomic mass is 9.93. The molecule has 1 aliphatic rings. The maximum Gasteiger partial charge on any atom is 0.223 e. The first-order valence-electron chi connectivity index (χ1n) is 9.02. The second-order valence-corrected chi connectivity index (χ2v) is 6.61. The predicted octanol–water partition coefficient (Wildman–Crippen LogP) is 3.91. The van der Waals surface area contributed by atoms with Crippen LogP contribution in [-0.4, -0.2) is 26.8 Å². The van der Waals surface area contributed by atoms with Crippen LogP contribution in [0.4, 0.5) is 4.39 Å². The van der Waals surface area contributed by atoms with E-state index < -0.39 is 0 Å². The van der Waals surface area contributed by atoms with Crippen molar-refractivity contribution in [1.82, 2.24) is 14.9 Å². The highest BCUT2D eigenvalue weighted by atomic mass is 19.1. The van der Waals surface area contributed by atoms with Gasteiger partial charge in [0.25, 0.3) is 0 Å². The van der Waals surface area contributed by atoms with Crippen molar-refractivity contribution in [3.8, 4) is 0 Å². The average molecular weight is 341 g/mol. The molecule has 1 amide bonds. The summed E-state index contributed by atoms with van der Waals surface area (Å²) in [5.41, 5.74) is 1.45. The number of aryl methyl sites for hydroxylation is 1. The first-order chi connectivity index (χ1) is 12.2. The number of aromatic nitrogens is 2. The summed E-state index contributed by atoms with van der Waals surface area (Å²) in [5, 5.41) is 0. The van der Waals surface area contributed by atoms with Crippen LogP contribution in [0.25, 0.3) is 0 Å². The topological polar surface area (TPSA) is 46.1 Å². The molecule has 0 bridgehead atoms. The Balaban J connectivity index is 1.70. The molecule has 0 saturated heterocycles. The number of rotatable bonds is 6. The normalized spacial score (nSPS) is 15.1. The third-order valence-electron chi connectivity index (χ3n) is 4.87. The van der Waals surface area contributed by atoms with Gasteiger partial charge in [-0.05, 0) is 31.4 Å². The zero-order chi connectivity index (χ0) is 17.5. The van der Waals surface area contributed by atoms with Crippen molar-refractivity contribution < 1.29 is 9.18 Å². The van der Waals surface area contributed by atoms with Crippen molar-refractivity contribution in [2.75, 3.05) is 0 Å². The Hall–Kier alpha value is -2.30. The van der Waals surface area contributed by atoms with E-state index >= 15 is 0 Å². The summed E-state index contributed by atoms with van der Waals surface area (Å²) in [5.74, 6) is -0.166. The number of benzene rings is 1. The van der Waals surface area contributed by atoms with Crippen LogP contribution in [-0.2, 0) is 17.8 Å². The fourth-order valence-electron chi connectivity index (χ4n) is 3.47. The minimum atomic E-state index is -0.244. The van der Waals surface area contributed by atoms with Crippen molar-refractivity contribution in [2.45, 2.75) is 57.5 Å². The maximum atomic E-state index is 14.1. The molecule has 0 spiro atoms. The van der Waals surface area contributed by atoms with E-state index in [0.29, 0.717) is 24.9 Å². The van der Waals surface area contributed by atoms with Crippen molar-refractivity contribution in [3.63, 3.8) is 0 Å². The van der Waals surface area contributed by atoms with Crippen LogP contribution in [0.1, 0.15) is 49.8 Å². The highest BCUT2D eigenvalue weighted by Gasteiger charge is 2.26. The molecule has 0 atom stereocenters. The first kappa shape index (κ1) is 17.5. The van der Waals surface area contributed by atoms with Crippen LogP contribution in [0.15, 0.2) is 42.9 Å². The minimum Gasteiger partial charge on any atom is -0.335 e. The van der Waals surface area contributed by atoms with E-state index in [1.165, 1.54) is 18.8 Å². The fourth-order valence-corrected chi connectivity index (χ4v) is 3.47. The van der Waals surface area contributed by atoms with E-state index in [2.05, 4.69) is 9.97 Å². The predicted molar refractivity (Wildman–Crippen MR) is 94.2 cm³/mol. The van der Waals surface area contributed by atoms with Crippen LogP contribution >= 0.6 is 0 Å². The van der Waals surface area contributed by atoms with Gasteiger partial charge in [0.2, 0.25) is 5.91 Å². The summed E-state index contributed by atoms with van der Waals surface area (Å²) in [6.45, 7) is 0.347. The SMILES string of the molecule is O=C(CCc1ccncn1)N(Cc1ccccc1F)C1CCCCC1. The third kappa shape index (κ3) is 4.84. The Labute approximate surface area is 148 Å². The van der Waals surface area contributed by atoms with Gasteiger partial charge in [-0.2, -0.15) is 0 Å². The summed E-state index contributed by atoms with van der Waals surface area (Å²) in [6.07, 6.45) is 9.67. The lowest BCUT2D eigenvalue weighted by Gasteiger charge is -2.34. The lowest BCUT2D eigenvalue weighted by Crippen LogP contribution is -2.41. The first-order valence-corrected chi connectivity index (χ1v) is 9.02. The number of nitrogens with zero attached hydrogens (tertiary/aromatic N) is 3. The van der Waals surface area contributed by atoms with Crippen molar-refractivity contribution in [2.24, 2.45) is 0 Å². The molecular formula is C20H24FN3O. The molecule has 3 rings (SSSR count). The number of carbonyl (C=O) groups is 1. The number of carbonyl (C=O) groups excluding carboxylic acids is 1. The number of hydrogen-bond donors (Lipinski definition) is 0. The molecule has 1 aliphatic carbocycles. The Morgan fingerprint density at radius 1 is 1.16 bits per heavy atom. The van der Waals surface area contributed by atoms with E-state index in [-0.39, 0.29) is 17.8 Å². The second-order valence-electron chi connectivity index (χ2n) is 6.61. The van der Waals surface area contributed by atoms with Crippen molar-refractivity contribution >= 4 is 5.91 Å². The summed E-state index contributed by atoms with van der Waals surface area (Å²) in [6, 6.07) is 8.77. The largest absolute Gasteiger partial charge is 0.335 e. The van der Waals surface area contributed by atoms with Gasteiger partial charge in [0.05, 0.1) is 0 Å². The number of hydrogen-bond acceptors (Lipinski definition) is 3. The van der Waals surface area contributed by atoms with Crippen molar-refractivity contribution in [1.29, 1.82) is 0 Å². The molecule has 1 saturated carbocycles. The van der Waals surface area contributed by atoms with Crippen LogP contribution in [0.2, 0.25) is 0 Å². The molecule has 5 heteroatoms. The average Bonchev–Trinajstić information content (AvgIpc) is 2.67. The molecule has 0 radical (unpaired) electrons. The fraction of sp³-hybridized carbons (Fsp3) is 0.450. The quantitative estimate of drug-likeness (QED) is 0.800. The number of amides is 1. The molecule has 4 nitrogen and oxygen atoms in total. The van der Waals surface area contributed by atoms with Crippen LogP contribution in [0, 0.1) is 5.82 Å². The monoisotopic (exact) mass is 341 g/mol. The van der Waals surface area contributed by atoms with Gasteiger partial charge < -0.3 is 4.90 Å². The second kappa shape index (κ2) is 8.70. The Kier molecular flexibility index (Phi) is 6.09. The van der Waals surface area contributed by atoms with Crippen LogP contribution < -0.4 is 0 Å². The lowest BCUT2D eigenvalue weighted by molar-refractivity contribution is -0.135. The molecule has 1 aromatic carbocycles. The van der Waals surface area contributed by atoms with Gasteiger partial charge in [-0.15, -0.1) is 0 Å². The molecule has 1 heterocycles. The van der Waals surface area contributed by atoms with Gasteiger partial charge in [0.15, 0.2) is 0 Å². The van der Waals surface area contributed by atoms with E-state index in [9.17, 15) is 9.18 Å². The molecule has 0 N–H and O–H groups in total. The molecule has 1 fully saturated rings. The van der Waals surface area contributed by atoms with E-state index in [1.807, 2.05) is 17.0 Å². The zero-order valence-electron chi connectivity index (χ0n) is 14.4. The maximum absolute atomic E-state index is 14.1. The highest BCUT2D eigenvalue weighted by Crippen LogP contribution is 2.25. The standard InChI is InChI=1S/C20H24FN3O/c21-19-9-5-4-6-16(19)14-24(18-7-2-1-3-8-18)20(25)11-10-17-12-13-22-15-23-17/h4-6,9,12-13,15,18H,1-3,7-8,10-11,14H2. The van der Waals surface area contributed by atoms with Gasteiger partial charge >= 0.3 is 0 Å². The van der Waals surface area contributed by atoms with Gasteiger partial charge in [0, 0.05) is 36.5 Å². The molecule has 1 aromatic heterocycles. The Bertz CT molecular complexity index is 686. The highest BCUT2D eigenvalue weighted by molar-refractivity contribution is 5.76. The van der Waals surface area contributed by atoms with Crippen LogP contribution in [0.3, 0.4) is 0 Å². The van der Waals surface area contributed by atoms with E-state index in [0.717, 1.165) is 31.4 Å². The summed E-state index contributed by atoms with van der Waals surface area (Å²) < 4.78 is 14.1. The summed E-state index contributed by atoms with van der Waals surface area (Å²) >= 11 is 0. The number of halogens is 1. The Morgan fingerprint density at radius 3 is 2.68 bits per heavy atom. The molecule has 132 valence electrons. The van der Waals surface area contributed by atoms with Gasteiger partial charge in [-0.1, -0.05) is 37.5 Å². The van der Waals surface area contributed by atoms with Crippen molar-refractivity contribution in [3.05, 3.63) is 59.9 Å². The van der Waals surface area contributed by atoms with Crippen LogP contribution in [0.5, 0.6) is 0 Å². The molecule has 0 aliphatic heterocycles. The Morgan fingerprint density at radius 2 is 1.96 bits per heavy atom.